The number of esters is 3. The Balaban J connectivity index is 2.09. The largest absolute Gasteiger partial charge is 0.480 e. The summed E-state index contributed by atoms with van der Waals surface area (Å²) < 4.78 is 15.3. The van der Waals surface area contributed by atoms with Crippen LogP contribution in [0.2, 0.25) is 0 Å². The second-order valence-corrected chi connectivity index (χ2v) is 18.8. The van der Waals surface area contributed by atoms with Crippen LogP contribution in [-0.2, 0) is 73.4 Å². The third-order valence-corrected chi connectivity index (χ3v) is 12.8. The van der Waals surface area contributed by atoms with Crippen molar-refractivity contribution in [1.82, 2.24) is 41.8 Å². The Morgan fingerprint density at radius 2 is 1.53 bits per heavy atom. The molecule has 13 N–H and O–H groups in total. The number of aromatic nitrogens is 1. The molecule has 2 aromatic rings. The number of aliphatic carboxylic acids is 1. The highest BCUT2D eigenvalue weighted by molar-refractivity contribution is 7.99. The van der Waals surface area contributed by atoms with Crippen molar-refractivity contribution in [2.45, 2.75) is 128 Å². The lowest BCUT2D eigenvalue weighted by atomic mass is 9.95. The highest BCUT2D eigenvalue weighted by atomic mass is 32.2. The number of rotatable bonds is 19. The molecule has 2 unspecified atom stereocenters. The number of hydrogen-bond acceptors (Lipinski definition) is 18. The number of ether oxygens (including phenoxy) is 3. The first-order chi connectivity index (χ1) is 34.6. The van der Waals surface area contributed by atoms with Crippen molar-refractivity contribution in [2.24, 2.45) is 23.3 Å². The van der Waals surface area contributed by atoms with Gasteiger partial charge in [0.1, 0.15) is 48.7 Å². The van der Waals surface area contributed by atoms with Gasteiger partial charge in [-0.25, -0.2) is 4.79 Å². The predicted octanol–water partition coefficient (Wildman–Crippen LogP) is -3.02. The summed E-state index contributed by atoms with van der Waals surface area (Å²) in [6, 6.07) is -4.92. The first kappa shape index (κ1) is 61.0. The average molecular weight is 1060 g/mol. The number of nitrogens with zero attached hydrogens (tertiary/aromatic N) is 1. The van der Waals surface area contributed by atoms with E-state index in [2.05, 4.69) is 36.9 Å². The summed E-state index contributed by atoms with van der Waals surface area (Å²) in [5, 5.41) is 36.1. The molecule has 2 heterocycles. The van der Waals surface area contributed by atoms with Gasteiger partial charge in [-0.2, -0.15) is 0 Å². The van der Waals surface area contributed by atoms with Crippen molar-refractivity contribution in [3.63, 3.8) is 0 Å². The van der Waals surface area contributed by atoms with Gasteiger partial charge in [0.2, 0.25) is 47.3 Å². The maximum Gasteiger partial charge on any atom is 0.326 e. The first-order valence-corrected chi connectivity index (χ1v) is 24.4. The van der Waals surface area contributed by atoms with Crippen LogP contribution in [0.4, 0.5) is 0 Å². The molecule has 0 saturated heterocycles. The van der Waals surface area contributed by atoms with Crippen molar-refractivity contribution in [1.29, 1.82) is 0 Å². The predicted molar refractivity (Wildman–Crippen MR) is 261 cm³/mol. The van der Waals surface area contributed by atoms with Crippen molar-refractivity contribution < 1.29 is 82.0 Å². The molecule has 0 aliphatic carbocycles. The number of benzene rings is 1. The van der Waals surface area contributed by atoms with E-state index >= 15 is 0 Å². The molecule has 0 radical (unpaired) electrons. The average Bonchev–Trinajstić information content (AvgIpc) is 3.65. The molecule has 1 aliphatic heterocycles. The number of nitrogens with two attached hydrogens (primary N) is 2. The Kier molecular flexibility index (Phi) is 23.2. The lowest BCUT2D eigenvalue weighted by Crippen LogP contribution is -2.61. The van der Waals surface area contributed by atoms with Crippen LogP contribution in [-0.4, -0.2) is 172 Å². The Bertz CT molecular complexity index is 2450. The van der Waals surface area contributed by atoms with Gasteiger partial charge in [0.05, 0.1) is 42.2 Å². The maximum absolute atomic E-state index is 14.5. The number of fused-ring (bicyclic) bond motifs is 3. The standard InChI is InChI=1S/C46H66N10O17S/c1-9-20(2)38-43(67)50-15-36(62)51-33(19-74-44-29(13-30(47)41(65)49-16-37(63)54-38)28-11-10-27(72-25(7)59)12-31(28)53-44)42(66)52-32(14-35(48)61)45(68)56(17-21(3)57)23(5)40(64)55-39(46(69)70)22(4)34(73-26(8)60)18-71-24(6)58/h10-12,20-23,30,32-34,38-39,53,57H,9,13-19,47H2,1-8H3,(H2,48,61)(H,49,65)(H,50,67)(H,51,62)(H,52,66)(H,54,63)(H,55,64)(H,69,70)/t20-,21+,22-,23-,30+,32?,33?,34-,38-,39-/m0/s1. The van der Waals surface area contributed by atoms with Gasteiger partial charge in [0.25, 0.3) is 0 Å². The smallest absolute Gasteiger partial charge is 0.326 e. The van der Waals surface area contributed by atoms with E-state index in [1.54, 1.807) is 19.9 Å². The number of amides is 8. The van der Waals surface area contributed by atoms with Crippen LogP contribution in [0.25, 0.3) is 10.9 Å². The van der Waals surface area contributed by atoms with E-state index in [9.17, 15) is 67.7 Å². The van der Waals surface area contributed by atoms with E-state index in [1.807, 2.05) is 0 Å². The summed E-state index contributed by atoms with van der Waals surface area (Å²) in [7, 11) is 0. The van der Waals surface area contributed by atoms with E-state index in [1.165, 1.54) is 32.9 Å². The summed E-state index contributed by atoms with van der Waals surface area (Å²) in [5.41, 5.74) is 12.7. The fourth-order valence-electron chi connectivity index (χ4n) is 7.53. The molecule has 10 atom stereocenters. The molecule has 28 heteroatoms. The third kappa shape index (κ3) is 18.3. The number of carboxylic acids is 1. The highest BCUT2D eigenvalue weighted by Gasteiger charge is 2.40. The normalized spacial score (nSPS) is 19.7. The number of H-pyrrole nitrogens is 1. The highest BCUT2D eigenvalue weighted by Crippen LogP contribution is 2.33. The number of carbonyl (C=O) groups is 12. The minimum atomic E-state index is -1.91. The summed E-state index contributed by atoms with van der Waals surface area (Å²) in [6.45, 7) is 7.91. The zero-order valence-corrected chi connectivity index (χ0v) is 43.0. The van der Waals surface area contributed by atoms with E-state index in [0.29, 0.717) is 27.9 Å². The molecule has 8 amide bonds. The van der Waals surface area contributed by atoms with Gasteiger partial charge >= 0.3 is 23.9 Å². The van der Waals surface area contributed by atoms with Crippen molar-refractivity contribution >= 4 is 93.8 Å². The number of nitrogens with one attached hydrogen (secondary N) is 7. The number of aliphatic hydroxyl groups excluding tert-OH is 1. The van der Waals surface area contributed by atoms with Crippen LogP contribution in [0.3, 0.4) is 0 Å². The van der Waals surface area contributed by atoms with Gasteiger partial charge in [-0.3, -0.25) is 52.7 Å². The van der Waals surface area contributed by atoms with Crippen LogP contribution < -0.4 is 48.1 Å². The molecule has 0 fully saturated rings. The molecule has 0 saturated carbocycles. The van der Waals surface area contributed by atoms with E-state index < -0.39 is 164 Å². The molecular weight excluding hydrogens is 997 g/mol. The SMILES string of the molecule is CC[C@H](C)[C@@H]1NC(=O)CNC(=O)[C@H](N)Cc2c([nH]c3cc(OC(C)=O)ccc23)SCC(C(=O)NC(CC(N)=O)C(=O)N(C[C@@H](C)O)[C@@H](C)C(=O)N[C@H](C(=O)O)[C@@H](C)[C@H](COC(C)=O)OC(C)=O)NC(=O)CNC1=O. The van der Waals surface area contributed by atoms with Crippen LogP contribution in [0.1, 0.15) is 73.8 Å². The Morgan fingerprint density at radius 3 is 2.09 bits per heavy atom. The fraction of sp³-hybridized carbons (Fsp3) is 0.565. The Morgan fingerprint density at radius 1 is 0.892 bits per heavy atom. The zero-order chi connectivity index (χ0) is 55.7. The lowest BCUT2D eigenvalue weighted by molar-refractivity contribution is -0.163. The number of thioether (sulfide) groups is 1. The zero-order valence-electron chi connectivity index (χ0n) is 42.2. The molecule has 27 nitrogen and oxygen atoms in total. The molecule has 74 heavy (non-hydrogen) atoms. The quantitative estimate of drug-likeness (QED) is 0.0493. The number of primary amides is 1. The second-order valence-electron chi connectivity index (χ2n) is 17.7. The summed E-state index contributed by atoms with van der Waals surface area (Å²) in [5.74, 6) is -13.6. The summed E-state index contributed by atoms with van der Waals surface area (Å²) in [6.07, 6.45) is -3.42. The molecule has 3 rings (SSSR count). The van der Waals surface area contributed by atoms with Crippen molar-refractivity contribution in [2.75, 3.05) is 32.0 Å². The van der Waals surface area contributed by atoms with Crippen LogP contribution in [0.5, 0.6) is 5.75 Å². The maximum atomic E-state index is 14.5. The fourth-order valence-corrected chi connectivity index (χ4v) is 8.64. The van der Waals surface area contributed by atoms with Gasteiger partial charge in [0.15, 0.2) is 0 Å². The minimum absolute atomic E-state index is 0.150. The minimum Gasteiger partial charge on any atom is -0.480 e. The van der Waals surface area contributed by atoms with Gasteiger partial charge in [-0.15, -0.1) is 11.8 Å². The molecule has 1 aliphatic rings. The lowest BCUT2D eigenvalue weighted by Gasteiger charge is -2.34. The molecule has 0 spiro atoms. The van der Waals surface area contributed by atoms with E-state index in [0.717, 1.165) is 37.4 Å². The van der Waals surface area contributed by atoms with Crippen LogP contribution in [0, 0.1) is 11.8 Å². The number of aliphatic hydroxyl groups is 1. The molecule has 1 aromatic heterocycles. The second kappa shape index (κ2) is 28.2. The van der Waals surface area contributed by atoms with E-state index in [4.69, 9.17) is 25.7 Å². The number of hydrogen-bond donors (Lipinski definition) is 11. The molecule has 0 bridgehead atoms. The molecule has 408 valence electrons. The number of carbonyl (C=O) groups excluding carboxylic acids is 11. The summed E-state index contributed by atoms with van der Waals surface area (Å²) in [4.78, 5) is 160. The van der Waals surface area contributed by atoms with Crippen molar-refractivity contribution in [3.05, 3.63) is 23.8 Å². The van der Waals surface area contributed by atoms with Gasteiger partial charge in [0, 0.05) is 50.4 Å². The van der Waals surface area contributed by atoms with Gasteiger partial charge in [-0.1, -0.05) is 27.2 Å². The van der Waals surface area contributed by atoms with Crippen LogP contribution >= 0.6 is 11.8 Å². The van der Waals surface area contributed by atoms with Crippen molar-refractivity contribution in [3.8, 4) is 5.75 Å². The Hall–Kier alpha value is -7.33. The van der Waals surface area contributed by atoms with Crippen LogP contribution in [0.15, 0.2) is 23.2 Å². The topological polar surface area (TPSA) is 416 Å². The number of aromatic amines is 1. The third-order valence-electron chi connectivity index (χ3n) is 11.6. The van der Waals surface area contributed by atoms with Gasteiger partial charge < -0.3 is 77.7 Å². The molecule has 1 aromatic carbocycles. The monoisotopic (exact) mass is 1060 g/mol. The molecular formula is C46H66N10O17S. The number of carboxylic acid groups (broad SMARTS) is 1. The summed E-state index contributed by atoms with van der Waals surface area (Å²) >= 11 is 0.928. The van der Waals surface area contributed by atoms with Gasteiger partial charge in [-0.05, 0) is 43.9 Å². The first-order valence-electron chi connectivity index (χ1n) is 23.4. The Labute approximate surface area is 429 Å². The van der Waals surface area contributed by atoms with E-state index in [-0.39, 0.29) is 17.9 Å².